The third-order valence-corrected chi connectivity index (χ3v) is 6.97. The zero-order valence-electron chi connectivity index (χ0n) is 15.4. The fourth-order valence-electron chi connectivity index (χ4n) is 4.64. The minimum Gasteiger partial charge on any atom is -0.363 e. The summed E-state index contributed by atoms with van der Waals surface area (Å²) < 4.78 is 14.7. The normalized spacial score (nSPS) is 26.2. The predicted octanol–water partition coefficient (Wildman–Crippen LogP) is 2.57. The van der Waals surface area contributed by atoms with Gasteiger partial charge in [0.25, 0.3) is 5.91 Å². The number of carbonyl (C=O) groups excluding carboxylic acids is 3. The Kier molecular flexibility index (Phi) is 4.13. The molecule has 0 aromatic heterocycles. The lowest BCUT2D eigenvalue weighted by molar-refractivity contribution is -0.144. The molecule has 29 heavy (non-hydrogen) atoms. The number of para-hydroxylation sites is 2. The molecule has 2 fully saturated rings. The average molecular weight is 411 g/mol. The first-order valence-electron chi connectivity index (χ1n) is 9.41. The molecule has 0 saturated carbocycles. The fraction of sp³-hybridized carbons (Fsp3) is 0.286. The van der Waals surface area contributed by atoms with Gasteiger partial charge in [-0.2, -0.15) is 11.8 Å². The zero-order chi connectivity index (χ0) is 20.2. The summed E-state index contributed by atoms with van der Waals surface area (Å²) in [6.45, 7) is 0.533. The number of amides is 4. The van der Waals surface area contributed by atoms with Gasteiger partial charge >= 0.3 is 6.03 Å². The van der Waals surface area contributed by atoms with E-state index in [1.165, 1.54) is 6.07 Å². The van der Waals surface area contributed by atoms with E-state index in [2.05, 4.69) is 5.32 Å². The largest absolute Gasteiger partial charge is 0.363 e. The average Bonchev–Trinajstić information content (AvgIpc) is 2.73. The Morgan fingerprint density at radius 2 is 1.86 bits per heavy atom. The number of hydrogen-bond acceptors (Lipinski definition) is 5. The number of benzene rings is 2. The molecule has 1 N–H and O–H groups in total. The van der Waals surface area contributed by atoms with E-state index in [9.17, 15) is 18.8 Å². The smallest absolute Gasteiger partial charge is 0.335 e. The molecule has 0 aliphatic carbocycles. The Labute approximate surface area is 171 Å². The van der Waals surface area contributed by atoms with Gasteiger partial charge in [0.05, 0.1) is 17.4 Å². The van der Waals surface area contributed by atoms with Crippen molar-refractivity contribution in [2.45, 2.75) is 12.5 Å². The van der Waals surface area contributed by atoms with Crippen LogP contribution in [0.1, 0.15) is 5.56 Å². The molecular formula is C21H18FN3O3S. The summed E-state index contributed by atoms with van der Waals surface area (Å²) in [6, 6.07) is 12.0. The second-order valence-corrected chi connectivity index (χ2v) is 8.57. The molecule has 2 atom stereocenters. The van der Waals surface area contributed by atoms with Crippen molar-refractivity contribution < 1.29 is 18.8 Å². The van der Waals surface area contributed by atoms with Crippen molar-refractivity contribution in [2.24, 2.45) is 5.41 Å². The Morgan fingerprint density at radius 3 is 2.66 bits per heavy atom. The van der Waals surface area contributed by atoms with Crippen LogP contribution >= 0.6 is 11.8 Å². The maximum absolute atomic E-state index is 14.7. The number of imide groups is 2. The number of rotatable bonds is 1. The van der Waals surface area contributed by atoms with Gasteiger partial charge in [-0.3, -0.25) is 14.9 Å². The number of hydrogen-bond donors (Lipinski definition) is 1. The van der Waals surface area contributed by atoms with Crippen molar-refractivity contribution in [3.8, 4) is 0 Å². The predicted molar refractivity (Wildman–Crippen MR) is 108 cm³/mol. The highest BCUT2D eigenvalue weighted by atomic mass is 32.2. The lowest BCUT2D eigenvalue weighted by atomic mass is 9.68. The van der Waals surface area contributed by atoms with Crippen LogP contribution in [0.25, 0.3) is 0 Å². The Morgan fingerprint density at radius 1 is 1.07 bits per heavy atom. The van der Waals surface area contributed by atoms with E-state index < -0.39 is 29.3 Å². The lowest BCUT2D eigenvalue weighted by Gasteiger charge is -2.53. The van der Waals surface area contributed by atoms with Gasteiger partial charge in [-0.1, -0.05) is 30.3 Å². The second-order valence-electron chi connectivity index (χ2n) is 7.42. The van der Waals surface area contributed by atoms with Crippen LogP contribution in [0.2, 0.25) is 0 Å². The quantitative estimate of drug-likeness (QED) is 0.731. The van der Waals surface area contributed by atoms with Crippen LogP contribution in [0.15, 0.2) is 48.5 Å². The number of halogens is 1. The number of thioether (sulfide) groups is 1. The van der Waals surface area contributed by atoms with E-state index in [0.29, 0.717) is 29.2 Å². The number of barbiturate groups is 1. The SMILES string of the molecule is O=C1NC(=O)[C@@]2(Cc3cccc(F)c3N3CCSC[C@@H]32)C(=O)N1c1ccccc1. The summed E-state index contributed by atoms with van der Waals surface area (Å²) in [6.07, 6.45) is 0.0586. The van der Waals surface area contributed by atoms with E-state index in [0.717, 1.165) is 10.7 Å². The van der Waals surface area contributed by atoms with Gasteiger partial charge in [-0.05, 0) is 30.2 Å². The van der Waals surface area contributed by atoms with Gasteiger partial charge in [0.2, 0.25) is 5.91 Å². The van der Waals surface area contributed by atoms with Crippen LogP contribution in [-0.4, -0.2) is 41.9 Å². The molecule has 5 rings (SSSR count). The molecule has 2 saturated heterocycles. The molecule has 0 bridgehead atoms. The van der Waals surface area contributed by atoms with Crippen LogP contribution in [0.5, 0.6) is 0 Å². The molecule has 1 spiro atoms. The van der Waals surface area contributed by atoms with Crippen LogP contribution in [0, 0.1) is 11.2 Å². The Balaban J connectivity index is 1.69. The monoisotopic (exact) mass is 411 g/mol. The number of fused-ring (bicyclic) bond motifs is 4. The van der Waals surface area contributed by atoms with Gasteiger partial charge in [-0.25, -0.2) is 14.1 Å². The van der Waals surface area contributed by atoms with Gasteiger partial charge in [0.1, 0.15) is 5.82 Å². The first-order chi connectivity index (χ1) is 14.0. The first-order valence-corrected chi connectivity index (χ1v) is 10.6. The summed E-state index contributed by atoms with van der Waals surface area (Å²) in [5.74, 6) is -0.229. The molecule has 4 amide bonds. The highest BCUT2D eigenvalue weighted by Crippen LogP contribution is 2.48. The zero-order valence-corrected chi connectivity index (χ0v) is 16.2. The van der Waals surface area contributed by atoms with Crippen molar-refractivity contribution in [3.05, 3.63) is 59.9 Å². The summed E-state index contributed by atoms with van der Waals surface area (Å²) in [7, 11) is 0. The maximum atomic E-state index is 14.7. The fourth-order valence-corrected chi connectivity index (χ4v) is 5.82. The highest BCUT2D eigenvalue weighted by molar-refractivity contribution is 7.99. The first kappa shape index (κ1) is 18.2. The van der Waals surface area contributed by atoms with Crippen molar-refractivity contribution in [3.63, 3.8) is 0 Å². The maximum Gasteiger partial charge on any atom is 0.335 e. The second kappa shape index (κ2) is 6.59. The number of carbonyl (C=O) groups is 3. The molecule has 3 heterocycles. The summed E-state index contributed by atoms with van der Waals surface area (Å²) >= 11 is 1.63. The van der Waals surface area contributed by atoms with Crippen LogP contribution in [-0.2, 0) is 16.0 Å². The van der Waals surface area contributed by atoms with E-state index in [1.54, 1.807) is 54.2 Å². The van der Waals surface area contributed by atoms with E-state index in [-0.39, 0.29) is 12.2 Å². The number of urea groups is 1. The van der Waals surface area contributed by atoms with Crippen molar-refractivity contribution in [1.29, 1.82) is 0 Å². The summed E-state index contributed by atoms with van der Waals surface area (Å²) in [5.41, 5.74) is -0.00839. The molecule has 8 heteroatoms. The van der Waals surface area contributed by atoms with Crippen molar-refractivity contribution in [2.75, 3.05) is 27.9 Å². The van der Waals surface area contributed by atoms with E-state index in [1.807, 2.05) is 4.90 Å². The molecule has 2 aromatic carbocycles. The molecule has 6 nitrogen and oxygen atoms in total. The molecular weight excluding hydrogens is 393 g/mol. The minimum absolute atomic E-state index is 0.0586. The van der Waals surface area contributed by atoms with Crippen molar-refractivity contribution >= 4 is 41.0 Å². The van der Waals surface area contributed by atoms with Crippen molar-refractivity contribution in [1.82, 2.24) is 5.32 Å². The molecule has 3 aliphatic heterocycles. The molecule has 0 unspecified atom stereocenters. The summed E-state index contributed by atoms with van der Waals surface area (Å²) in [5, 5.41) is 2.39. The van der Waals surface area contributed by atoms with E-state index >= 15 is 0 Å². The Hall–Kier alpha value is -2.87. The van der Waals surface area contributed by atoms with Gasteiger partial charge < -0.3 is 4.90 Å². The molecule has 0 radical (unpaired) electrons. The third-order valence-electron chi connectivity index (χ3n) is 5.95. The Bertz CT molecular complexity index is 1030. The number of nitrogens with zero attached hydrogens (tertiary/aromatic N) is 2. The minimum atomic E-state index is -1.49. The molecule has 148 valence electrons. The number of anilines is 2. The molecule has 2 aromatic rings. The van der Waals surface area contributed by atoms with Crippen LogP contribution in [0.4, 0.5) is 20.6 Å². The third kappa shape index (κ3) is 2.51. The molecule has 3 aliphatic rings. The lowest BCUT2D eigenvalue weighted by Crippen LogP contribution is -2.73. The standard InChI is InChI=1S/C21H18FN3O3S/c22-15-8-4-5-13-11-21(16-12-29-10-9-24(16)17(13)15)18(26)23-20(28)25(19(21)27)14-6-2-1-3-7-14/h1-8,16H,9-12H2,(H,23,26,28)/t16-,21+/m1/s1. The summed E-state index contributed by atoms with van der Waals surface area (Å²) in [4.78, 5) is 42.5. The van der Waals surface area contributed by atoms with Gasteiger partial charge in [0, 0.05) is 18.1 Å². The van der Waals surface area contributed by atoms with Gasteiger partial charge in [-0.15, -0.1) is 0 Å². The highest BCUT2D eigenvalue weighted by Gasteiger charge is 2.62. The van der Waals surface area contributed by atoms with Crippen LogP contribution < -0.4 is 15.1 Å². The van der Waals surface area contributed by atoms with E-state index in [4.69, 9.17) is 0 Å². The van der Waals surface area contributed by atoms with Gasteiger partial charge in [0.15, 0.2) is 5.41 Å². The number of nitrogens with one attached hydrogen (secondary N) is 1. The topological polar surface area (TPSA) is 69.7 Å². The van der Waals surface area contributed by atoms with Crippen LogP contribution in [0.3, 0.4) is 0 Å².